The monoisotopic (exact) mass is 215 g/mol. The summed E-state index contributed by atoms with van der Waals surface area (Å²) in [5, 5.41) is 0. The van der Waals surface area contributed by atoms with Gasteiger partial charge >= 0.3 is 0 Å². The zero-order valence-electron chi connectivity index (χ0n) is 10.5. The van der Waals surface area contributed by atoms with Crippen LogP contribution in [0.4, 0.5) is 0 Å². The fourth-order valence-corrected chi connectivity index (χ4v) is 2.13. The van der Waals surface area contributed by atoms with Gasteiger partial charge in [-0.1, -0.05) is 0 Å². The Kier molecular flexibility index (Phi) is 4.52. The van der Waals surface area contributed by atoms with Crippen molar-refractivity contribution in [2.75, 3.05) is 46.9 Å². The summed E-state index contributed by atoms with van der Waals surface area (Å²) in [6, 6.07) is 0.599. The van der Waals surface area contributed by atoms with Gasteiger partial charge in [0.2, 0.25) is 0 Å². The summed E-state index contributed by atoms with van der Waals surface area (Å²) >= 11 is 0. The molecule has 0 aromatic heterocycles. The van der Waals surface area contributed by atoms with Crippen LogP contribution in [0, 0.1) is 0 Å². The van der Waals surface area contributed by atoms with Gasteiger partial charge in [0.25, 0.3) is 0 Å². The van der Waals surface area contributed by atoms with Crippen molar-refractivity contribution >= 4 is 0 Å². The summed E-state index contributed by atoms with van der Waals surface area (Å²) in [4.78, 5) is 4.85. The Morgan fingerprint density at radius 2 is 2.13 bits per heavy atom. The standard InChI is InChI=1S/C11H25N3O/c1-10-7-14(6-5-13(10)3)11(2,8-12)9-15-4/h10H,5-9,12H2,1-4H3. The summed E-state index contributed by atoms with van der Waals surface area (Å²) in [5.74, 6) is 0. The van der Waals surface area contributed by atoms with E-state index in [0.29, 0.717) is 19.2 Å². The van der Waals surface area contributed by atoms with Gasteiger partial charge in [0, 0.05) is 39.3 Å². The normalized spacial score (nSPS) is 29.0. The predicted octanol–water partition coefficient (Wildman–Crippen LogP) is -0.0139. The minimum absolute atomic E-state index is 0.00965. The lowest BCUT2D eigenvalue weighted by molar-refractivity contribution is -0.0150. The van der Waals surface area contributed by atoms with Crippen molar-refractivity contribution in [1.29, 1.82) is 0 Å². The quantitative estimate of drug-likeness (QED) is 0.716. The van der Waals surface area contributed by atoms with Crippen LogP contribution in [-0.4, -0.2) is 68.3 Å². The van der Waals surface area contributed by atoms with Crippen molar-refractivity contribution < 1.29 is 4.74 Å². The number of hydrogen-bond acceptors (Lipinski definition) is 4. The Hall–Kier alpha value is -0.160. The lowest BCUT2D eigenvalue weighted by atomic mass is 9.98. The maximum absolute atomic E-state index is 5.87. The second kappa shape index (κ2) is 5.25. The van der Waals surface area contributed by atoms with Gasteiger partial charge < -0.3 is 15.4 Å². The molecule has 0 radical (unpaired) electrons. The molecule has 1 aliphatic rings. The molecule has 4 heteroatoms. The number of likely N-dealkylation sites (N-methyl/N-ethyl adjacent to an activating group) is 1. The predicted molar refractivity (Wildman–Crippen MR) is 63.0 cm³/mol. The molecule has 1 rings (SSSR count). The molecule has 2 unspecified atom stereocenters. The van der Waals surface area contributed by atoms with Crippen molar-refractivity contribution in [3.05, 3.63) is 0 Å². The average molecular weight is 215 g/mol. The van der Waals surface area contributed by atoms with E-state index in [1.54, 1.807) is 7.11 Å². The lowest BCUT2D eigenvalue weighted by Crippen LogP contribution is -2.62. The minimum atomic E-state index is -0.00965. The first-order chi connectivity index (χ1) is 7.03. The summed E-state index contributed by atoms with van der Waals surface area (Å²) < 4.78 is 5.28. The van der Waals surface area contributed by atoms with Crippen LogP contribution in [0.1, 0.15) is 13.8 Å². The molecular formula is C11H25N3O. The molecule has 0 bridgehead atoms. The number of piperazine rings is 1. The molecular weight excluding hydrogens is 190 g/mol. The Labute approximate surface area is 93.4 Å². The zero-order valence-corrected chi connectivity index (χ0v) is 10.5. The second-order valence-corrected chi connectivity index (χ2v) is 4.91. The van der Waals surface area contributed by atoms with E-state index in [4.69, 9.17) is 10.5 Å². The summed E-state index contributed by atoms with van der Waals surface area (Å²) in [6.07, 6.45) is 0. The number of nitrogens with zero attached hydrogens (tertiary/aromatic N) is 2. The number of hydrogen-bond donors (Lipinski definition) is 1. The van der Waals surface area contributed by atoms with Crippen molar-refractivity contribution in [2.24, 2.45) is 5.73 Å². The zero-order chi connectivity index (χ0) is 11.5. The first-order valence-electron chi connectivity index (χ1n) is 5.68. The fraction of sp³-hybridized carbons (Fsp3) is 1.00. The van der Waals surface area contributed by atoms with Gasteiger partial charge in [-0.15, -0.1) is 0 Å². The van der Waals surface area contributed by atoms with E-state index in [1.165, 1.54) is 0 Å². The average Bonchev–Trinajstić information content (AvgIpc) is 2.22. The Morgan fingerprint density at radius 3 is 2.60 bits per heavy atom. The summed E-state index contributed by atoms with van der Waals surface area (Å²) in [7, 11) is 3.92. The second-order valence-electron chi connectivity index (χ2n) is 4.91. The first kappa shape index (κ1) is 12.9. The van der Waals surface area contributed by atoms with Gasteiger partial charge in [0.15, 0.2) is 0 Å². The van der Waals surface area contributed by atoms with Crippen molar-refractivity contribution in [2.45, 2.75) is 25.4 Å². The molecule has 2 N–H and O–H groups in total. The van der Waals surface area contributed by atoms with E-state index in [1.807, 2.05) is 0 Å². The van der Waals surface area contributed by atoms with Crippen LogP contribution in [-0.2, 0) is 4.74 Å². The molecule has 1 aliphatic heterocycles. The fourth-order valence-electron chi connectivity index (χ4n) is 2.13. The molecule has 0 amide bonds. The minimum Gasteiger partial charge on any atom is -0.383 e. The lowest BCUT2D eigenvalue weighted by Gasteiger charge is -2.47. The summed E-state index contributed by atoms with van der Waals surface area (Å²) in [6.45, 7) is 9.08. The molecule has 0 aromatic carbocycles. The number of rotatable bonds is 4. The molecule has 4 nitrogen and oxygen atoms in total. The first-order valence-corrected chi connectivity index (χ1v) is 5.68. The number of methoxy groups -OCH3 is 1. The van der Waals surface area contributed by atoms with Crippen molar-refractivity contribution in [1.82, 2.24) is 9.80 Å². The van der Waals surface area contributed by atoms with Gasteiger partial charge in [-0.05, 0) is 20.9 Å². The van der Waals surface area contributed by atoms with Gasteiger partial charge in [0.05, 0.1) is 12.1 Å². The largest absolute Gasteiger partial charge is 0.383 e. The van der Waals surface area contributed by atoms with Crippen LogP contribution >= 0.6 is 0 Å². The molecule has 90 valence electrons. The molecule has 1 fully saturated rings. The van der Waals surface area contributed by atoms with Crippen LogP contribution in [0.25, 0.3) is 0 Å². The molecule has 0 aromatic rings. The Balaban J connectivity index is 2.61. The maximum Gasteiger partial charge on any atom is 0.0656 e. The van der Waals surface area contributed by atoms with Crippen LogP contribution in [0.2, 0.25) is 0 Å². The SMILES string of the molecule is COCC(C)(CN)N1CCN(C)C(C)C1. The van der Waals surface area contributed by atoms with Gasteiger partial charge in [-0.2, -0.15) is 0 Å². The third-order valence-corrected chi connectivity index (χ3v) is 3.62. The third kappa shape index (κ3) is 2.91. The molecule has 15 heavy (non-hydrogen) atoms. The Morgan fingerprint density at radius 1 is 1.47 bits per heavy atom. The van der Waals surface area contributed by atoms with E-state index in [-0.39, 0.29) is 5.54 Å². The van der Waals surface area contributed by atoms with E-state index in [2.05, 4.69) is 30.7 Å². The van der Waals surface area contributed by atoms with Crippen molar-refractivity contribution in [3.8, 4) is 0 Å². The van der Waals surface area contributed by atoms with Crippen LogP contribution in [0.3, 0.4) is 0 Å². The van der Waals surface area contributed by atoms with E-state index in [0.717, 1.165) is 19.6 Å². The smallest absolute Gasteiger partial charge is 0.0656 e. The summed E-state index contributed by atoms with van der Waals surface area (Å²) in [5.41, 5.74) is 5.86. The van der Waals surface area contributed by atoms with E-state index in [9.17, 15) is 0 Å². The topological polar surface area (TPSA) is 41.7 Å². The molecule has 2 atom stereocenters. The molecule has 1 heterocycles. The molecule has 1 saturated heterocycles. The number of nitrogens with two attached hydrogens (primary N) is 1. The van der Waals surface area contributed by atoms with Crippen LogP contribution in [0.15, 0.2) is 0 Å². The highest BCUT2D eigenvalue weighted by atomic mass is 16.5. The molecule has 0 spiro atoms. The van der Waals surface area contributed by atoms with Crippen LogP contribution in [0.5, 0.6) is 0 Å². The molecule has 0 aliphatic carbocycles. The van der Waals surface area contributed by atoms with Crippen molar-refractivity contribution in [3.63, 3.8) is 0 Å². The molecule has 0 saturated carbocycles. The van der Waals surface area contributed by atoms with Gasteiger partial charge in [-0.25, -0.2) is 0 Å². The highest BCUT2D eigenvalue weighted by Crippen LogP contribution is 2.19. The third-order valence-electron chi connectivity index (χ3n) is 3.62. The van der Waals surface area contributed by atoms with Gasteiger partial charge in [0.1, 0.15) is 0 Å². The van der Waals surface area contributed by atoms with E-state index < -0.39 is 0 Å². The number of ether oxygens (including phenoxy) is 1. The van der Waals surface area contributed by atoms with Crippen LogP contribution < -0.4 is 5.73 Å². The highest BCUT2D eigenvalue weighted by molar-refractivity contribution is 4.91. The maximum atomic E-state index is 5.87. The van der Waals surface area contributed by atoms with Gasteiger partial charge in [-0.3, -0.25) is 4.90 Å². The van der Waals surface area contributed by atoms with E-state index >= 15 is 0 Å². The Bertz CT molecular complexity index is 200. The highest BCUT2D eigenvalue weighted by Gasteiger charge is 2.34.